The zero-order valence-corrected chi connectivity index (χ0v) is 15.8. The first-order chi connectivity index (χ1) is 12.8. The molecule has 26 heavy (non-hydrogen) atoms. The fourth-order valence-corrected chi connectivity index (χ4v) is 4.51. The number of fused-ring (bicyclic) bond motifs is 1. The lowest BCUT2D eigenvalue weighted by molar-refractivity contribution is 0.112. The first-order valence-corrected chi connectivity index (χ1v) is 10.1. The third-order valence-electron chi connectivity index (χ3n) is 6.09. The van der Waals surface area contributed by atoms with Crippen LogP contribution in [0.5, 0.6) is 0 Å². The summed E-state index contributed by atoms with van der Waals surface area (Å²) < 4.78 is 2.21. The van der Waals surface area contributed by atoms with Gasteiger partial charge in [-0.25, -0.2) is 0 Å². The van der Waals surface area contributed by atoms with E-state index in [4.69, 9.17) is 5.10 Å². The SMILES string of the molecule is CCc1cc(C2CCN(Cc3cc4n(n3)CCCC4)CC2)ccc1C=O. The average Bonchev–Trinajstić information content (AvgIpc) is 3.10. The molecular weight excluding hydrogens is 322 g/mol. The molecule has 2 aliphatic heterocycles. The summed E-state index contributed by atoms with van der Waals surface area (Å²) in [5.74, 6) is 0.618. The van der Waals surface area contributed by atoms with Crippen LogP contribution >= 0.6 is 0 Å². The van der Waals surface area contributed by atoms with Crippen LogP contribution in [0.15, 0.2) is 24.3 Å². The zero-order valence-electron chi connectivity index (χ0n) is 15.8. The van der Waals surface area contributed by atoms with Crippen LogP contribution in [-0.2, 0) is 25.9 Å². The van der Waals surface area contributed by atoms with E-state index in [1.54, 1.807) is 0 Å². The number of likely N-dealkylation sites (tertiary alicyclic amines) is 1. The summed E-state index contributed by atoms with van der Waals surface area (Å²) in [5.41, 5.74) is 6.10. The highest BCUT2D eigenvalue weighted by Crippen LogP contribution is 2.30. The molecule has 1 aromatic heterocycles. The predicted octanol–water partition coefficient (Wildman–Crippen LogP) is 3.97. The van der Waals surface area contributed by atoms with Gasteiger partial charge in [0.25, 0.3) is 0 Å². The van der Waals surface area contributed by atoms with E-state index >= 15 is 0 Å². The van der Waals surface area contributed by atoms with Gasteiger partial charge >= 0.3 is 0 Å². The van der Waals surface area contributed by atoms with Crippen molar-refractivity contribution in [3.05, 3.63) is 52.3 Å². The molecule has 4 rings (SSSR count). The highest BCUT2D eigenvalue weighted by atomic mass is 16.1. The third-order valence-corrected chi connectivity index (χ3v) is 6.09. The zero-order chi connectivity index (χ0) is 17.9. The lowest BCUT2D eigenvalue weighted by Gasteiger charge is -2.32. The molecule has 4 heteroatoms. The van der Waals surface area contributed by atoms with Crippen molar-refractivity contribution < 1.29 is 4.79 Å². The van der Waals surface area contributed by atoms with Crippen molar-refractivity contribution in [2.24, 2.45) is 0 Å². The summed E-state index contributed by atoms with van der Waals surface area (Å²) in [6, 6.07) is 8.74. The second kappa shape index (κ2) is 7.75. The highest BCUT2D eigenvalue weighted by molar-refractivity contribution is 5.77. The molecule has 3 heterocycles. The smallest absolute Gasteiger partial charge is 0.150 e. The van der Waals surface area contributed by atoms with Gasteiger partial charge in [0, 0.05) is 24.3 Å². The molecule has 0 unspecified atom stereocenters. The number of nitrogens with zero attached hydrogens (tertiary/aromatic N) is 3. The van der Waals surface area contributed by atoms with Crippen molar-refractivity contribution in [3.63, 3.8) is 0 Å². The van der Waals surface area contributed by atoms with Gasteiger partial charge in [0.05, 0.1) is 5.69 Å². The van der Waals surface area contributed by atoms with E-state index in [9.17, 15) is 4.79 Å². The molecule has 0 saturated carbocycles. The Morgan fingerprint density at radius 3 is 2.73 bits per heavy atom. The largest absolute Gasteiger partial charge is 0.298 e. The van der Waals surface area contributed by atoms with Crippen LogP contribution in [0.4, 0.5) is 0 Å². The maximum Gasteiger partial charge on any atom is 0.150 e. The second-order valence-electron chi connectivity index (χ2n) is 7.79. The summed E-state index contributed by atoms with van der Waals surface area (Å²) in [5, 5.41) is 4.81. The number of carbonyl (C=O) groups excluding carboxylic acids is 1. The average molecular weight is 351 g/mol. The van der Waals surface area contributed by atoms with Gasteiger partial charge in [0.1, 0.15) is 6.29 Å². The van der Waals surface area contributed by atoms with Crippen molar-refractivity contribution in [2.45, 2.75) is 64.5 Å². The van der Waals surface area contributed by atoms with Crippen molar-refractivity contribution in [1.82, 2.24) is 14.7 Å². The number of aryl methyl sites for hydroxylation is 3. The fraction of sp³-hybridized carbons (Fsp3) is 0.545. The van der Waals surface area contributed by atoms with Crippen molar-refractivity contribution >= 4 is 6.29 Å². The monoisotopic (exact) mass is 351 g/mol. The molecule has 0 aliphatic carbocycles. The van der Waals surface area contributed by atoms with Crippen LogP contribution in [0.2, 0.25) is 0 Å². The van der Waals surface area contributed by atoms with Gasteiger partial charge < -0.3 is 0 Å². The van der Waals surface area contributed by atoms with E-state index < -0.39 is 0 Å². The number of hydrogen-bond donors (Lipinski definition) is 0. The Hall–Kier alpha value is -1.94. The molecule has 0 N–H and O–H groups in total. The molecule has 0 atom stereocenters. The molecule has 0 bridgehead atoms. The topological polar surface area (TPSA) is 38.1 Å². The van der Waals surface area contributed by atoms with E-state index in [2.05, 4.69) is 34.7 Å². The lowest BCUT2D eigenvalue weighted by Crippen LogP contribution is -2.32. The van der Waals surface area contributed by atoms with Crippen LogP contribution in [0.1, 0.15) is 71.4 Å². The summed E-state index contributed by atoms with van der Waals surface area (Å²) in [7, 11) is 0. The second-order valence-corrected chi connectivity index (χ2v) is 7.79. The number of carbonyl (C=O) groups is 1. The number of benzene rings is 1. The van der Waals surface area contributed by atoms with Crippen LogP contribution in [0.3, 0.4) is 0 Å². The maximum absolute atomic E-state index is 11.1. The molecule has 0 spiro atoms. The van der Waals surface area contributed by atoms with E-state index in [-0.39, 0.29) is 0 Å². The minimum Gasteiger partial charge on any atom is -0.298 e. The first kappa shape index (κ1) is 17.5. The van der Waals surface area contributed by atoms with Crippen LogP contribution in [0, 0.1) is 0 Å². The number of aldehydes is 1. The predicted molar refractivity (Wildman–Crippen MR) is 104 cm³/mol. The van der Waals surface area contributed by atoms with Crippen LogP contribution < -0.4 is 0 Å². The fourth-order valence-electron chi connectivity index (χ4n) is 4.51. The van der Waals surface area contributed by atoms with Crippen molar-refractivity contribution in [2.75, 3.05) is 13.1 Å². The highest BCUT2D eigenvalue weighted by Gasteiger charge is 2.22. The number of rotatable bonds is 5. The first-order valence-electron chi connectivity index (χ1n) is 10.1. The standard InChI is InChI=1S/C22H29N3O/c1-2-17-13-19(6-7-20(17)16-26)18-8-11-24(12-9-18)15-21-14-22-5-3-4-10-25(22)23-21/h6-7,13-14,16,18H,2-5,8-12,15H2,1H3. The van der Waals surface area contributed by atoms with Crippen molar-refractivity contribution in [3.8, 4) is 0 Å². The summed E-state index contributed by atoms with van der Waals surface area (Å²) in [6.07, 6.45) is 8.04. The Morgan fingerprint density at radius 2 is 2.00 bits per heavy atom. The molecule has 0 amide bonds. The van der Waals surface area contributed by atoms with Gasteiger partial charge in [-0.2, -0.15) is 5.10 Å². The van der Waals surface area contributed by atoms with E-state index in [1.165, 1.54) is 54.6 Å². The quantitative estimate of drug-likeness (QED) is 0.765. The maximum atomic E-state index is 11.1. The van der Waals surface area contributed by atoms with E-state index in [1.807, 2.05) is 6.07 Å². The molecule has 138 valence electrons. The van der Waals surface area contributed by atoms with Crippen LogP contribution in [0.25, 0.3) is 0 Å². The number of piperidine rings is 1. The summed E-state index contributed by atoms with van der Waals surface area (Å²) in [4.78, 5) is 13.7. The Labute approximate surface area is 156 Å². The molecule has 2 aromatic rings. The molecular formula is C22H29N3O. The Bertz CT molecular complexity index is 748. The van der Waals surface area contributed by atoms with Crippen molar-refractivity contribution in [1.29, 1.82) is 0 Å². The summed E-state index contributed by atoms with van der Waals surface area (Å²) in [6.45, 7) is 6.46. The minimum atomic E-state index is 0.618. The minimum absolute atomic E-state index is 0.618. The van der Waals surface area contributed by atoms with Gasteiger partial charge in [-0.1, -0.05) is 25.1 Å². The van der Waals surface area contributed by atoms with Gasteiger partial charge in [0.15, 0.2) is 0 Å². The van der Waals surface area contributed by atoms with Gasteiger partial charge in [-0.05, 0) is 74.7 Å². The van der Waals surface area contributed by atoms with E-state index in [0.717, 1.165) is 44.4 Å². The Morgan fingerprint density at radius 1 is 1.15 bits per heavy atom. The molecule has 1 fully saturated rings. The molecule has 4 nitrogen and oxygen atoms in total. The Balaban J connectivity index is 1.36. The Kier molecular flexibility index (Phi) is 5.21. The summed E-state index contributed by atoms with van der Waals surface area (Å²) >= 11 is 0. The molecule has 2 aliphatic rings. The third kappa shape index (κ3) is 3.61. The molecule has 1 saturated heterocycles. The number of hydrogen-bond acceptors (Lipinski definition) is 3. The van der Waals surface area contributed by atoms with Gasteiger partial charge in [0.2, 0.25) is 0 Å². The van der Waals surface area contributed by atoms with Crippen LogP contribution in [-0.4, -0.2) is 34.1 Å². The van der Waals surface area contributed by atoms with Gasteiger partial charge in [-0.15, -0.1) is 0 Å². The van der Waals surface area contributed by atoms with E-state index in [0.29, 0.717) is 5.92 Å². The molecule has 0 radical (unpaired) electrons. The normalized spacial score (nSPS) is 18.7. The van der Waals surface area contributed by atoms with Gasteiger partial charge in [-0.3, -0.25) is 14.4 Å². The lowest BCUT2D eigenvalue weighted by atomic mass is 9.87. The number of aromatic nitrogens is 2. The molecule has 1 aromatic carbocycles.